The van der Waals surface area contributed by atoms with Crippen molar-refractivity contribution >= 4 is 6.29 Å². The Morgan fingerprint density at radius 3 is 2.93 bits per heavy atom. The molecule has 2 rings (SSSR count). The summed E-state index contributed by atoms with van der Waals surface area (Å²) in [5.41, 5.74) is 0.377. The van der Waals surface area contributed by atoms with Crippen LogP contribution >= 0.6 is 0 Å². The molecule has 0 unspecified atom stereocenters. The van der Waals surface area contributed by atoms with Crippen molar-refractivity contribution in [1.29, 1.82) is 0 Å². The molecule has 2 aromatic rings. The standard InChI is InChI=1S/C10H8N2O3/c13-6-8-1-2-9(5-11-8)14-7-10-3-4-12-15-10/h1-6H,7H2. The number of pyridine rings is 1. The molecule has 15 heavy (non-hydrogen) atoms. The highest BCUT2D eigenvalue weighted by atomic mass is 16.5. The molecule has 2 aromatic heterocycles. The van der Waals surface area contributed by atoms with Gasteiger partial charge in [0.1, 0.15) is 18.1 Å². The number of ether oxygens (including phenoxy) is 1. The highest BCUT2D eigenvalue weighted by Gasteiger charge is 1.99. The smallest absolute Gasteiger partial charge is 0.174 e. The van der Waals surface area contributed by atoms with Gasteiger partial charge in [-0.2, -0.15) is 0 Å². The Morgan fingerprint density at radius 2 is 2.33 bits per heavy atom. The Hall–Kier alpha value is -2.17. The molecule has 0 amide bonds. The van der Waals surface area contributed by atoms with Crippen LogP contribution in [0.5, 0.6) is 5.75 Å². The molecular weight excluding hydrogens is 196 g/mol. The fraction of sp³-hybridized carbons (Fsp3) is 0.100. The van der Waals surface area contributed by atoms with E-state index in [2.05, 4.69) is 10.1 Å². The van der Waals surface area contributed by atoms with Gasteiger partial charge in [0.2, 0.25) is 0 Å². The van der Waals surface area contributed by atoms with Crippen LogP contribution in [0.2, 0.25) is 0 Å². The third-order valence-electron chi connectivity index (χ3n) is 1.75. The van der Waals surface area contributed by atoms with Crippen LogP contribution in [0.3, 0.4) is 0 Å². The van der Waals surface area contributed by atoms with Crippen molar-refractivity contribution in [3.8, 4) is 5.75 Å². The van der Waals surface area contributed by atoms with E-state index >= 15 is 0 Å². The van der Waals surface area contributed by atoms with Gasteiger partial charge in [0.05, 0.1) is 12.4 Å². The summed E-state index contributed by atoms with van der Waals surface area (Å²) in [5.74, 6) is 1.21. The second-order valence-corrected chi connectivity index (χ2v) is 2.80. The molecule has 0 N–H and O–H groups in total. The molecule has 0 saturated carbocycles. The van der Waals surface area contributed by atoms with Crippen LogP contribution in [0.15, 0.2) is 35.1 Å². The number of nitrogens with zero attached hydrogens (tertiary/aromatic N) is 2. The first-order valence-electron chi connectivity index (χ1n) is 4.32. The summed E-state index contributed by atoms with van der Waals surface area (Å²) in [4.78, 5) is 14.2. The molecule has 0 fully saturated rings. The molecular formula is C10H8N2O3. The topological polar surface area (TPSA) is 65.2 Å². The Bertz CT molecular complexity index is 422. The molecule has 0 aliphatic heterocycles. The van der Waals surface area contributed by atoms with E-state index in [-0.39, 0.29) is 0 Å². The normalized spacial score (nSPS) is 9.87. The zero-order valence-electron chi connectivity index (χ0n) is 7.79. The Morgan fingerprint density at radius 1 is 1.40 bits per heavy atom. The second-order valence-electron chi connectivity index (χ2n) is 2.80. The summed E-state index contributed by atoms with van der Waals surface area (Å²) in [6.45, 7) is 0.294. The average molecular weight is 204 g/mol. The zero-order valence-corrected chi connectivity index (χ0v) is 7.79. The van der Waals surface area contributed by atoms with E-state index in [0.29, 0.717) is 30.1 Å². The quantitative estimate of drug-likeness (QED) is 0.705. The number of carbonyl (C=O) groups is 1. The molecule has 2 heterocycles. The van der Waals surface area contributed by atoms with Gasteiger partial charge in [0.15, 0.2) is 12.0 Å². The second kappa shape index (κ2) is 4.36. The molecule has 0 saturated heterocycles. The van der Waals surface area contributed by atoms with Crippen LogP contribution in [-0.2, 0) is 6.61 Å². The lowest BCUT2D eigenvalue weighted by atomic mass is 10.3. The van der Waals surface area contributed by atoms with Gasteiger partial charge >= 0.3 is 0 Å². The van der Waals surface area contributed by atoms with Gasteiger partial charge in [-0.1, -0.05) is 5.16 Å². The number of hydrogen-bond donors (Lipinski definition) is 0. The van der Waals surface area contributed by atoms with Crippen LogP contribution < -0.4 is 4.74 Å². The van der Waals surface area contributed by atoms with Crippen molar-refractivity contribution in [3.63, 3.8) is 0 Å². The largest absolute Gasteiger partial charge is 0.484 e. The summed E-state index contributed by atoms with van der Waals surface area (Å²) >= 11 is 0. The number of carbonyl (C=O) groups excluding carboxylic acids is 1. The number of hydrogen-bond acceptors (Lipinski definition) is 5. The lowest BCUT2D eigenvalue weighted by Gasteiger charge is -2.02. The van der Waals surface area contributed by atoms with Gasteiger partial charge in [-0.05, 0) is 12.1 Å². The Kier molecular flexibility index (Phi) is 2.73. The third kappa shape index (κ3) is 2.40. The van der Waals surface area contributed by atoms with Crippen LogP contribution in [0.1, 0.15) is 16.2 Å². The maximum absolute atomic E-state index is 10.3. The molecule has 0 aliphatic rings. The van der Waals surface area contributed by atoms with E-state index < -0.39 is 0 Å². The van der Waals surface area contributed by atoms with Crippen LogP contribution in [0.25, 0.3) is 0 Å². The molecule has 0 radical (unpaired) electrons. The maximum Gasteiger partial charge on any atom is 0.174 e. The first-order chi connectivity index (χ1) is 7.38. The number of rotatable bonds is 4. The molecule has 0 spiro atoms. The predicted octanol–water partition coefficient (Wildman–Crippen LogP) is 1.46. The van der Waals surface area contributed by atoms with Crippen LogP contribution in [-0.4, -0.2) is 16.4 Å². The lowest BCUT2D eigenvalue weighted by Crippen LogP contribution is -1.95. The fourth-order valence-electron chi connectivity index (χ4n) is 1.02. The van der Waals surface area contributed by atoms with Gasteiger partial charge in [-0.15, -0.1) is 0 Å². The summed E-state index contributed by atoms with van der Waals surface area (Å²) in [6.07, 6.45) is 3.72. The van der Waals surface area contributed by atoms with E-state index in [9.17, 15) is 4.79 Å². The van der Waals surface area contributed by atoms with E-state index in [1.54, 1.807) is 24.4 Å². The predicted molar refractivity (Wildman–Crippen MR) is 50.5 cm³/mol. The first-order valence-corrected chi connectivity index (χ1v) is 4.32. The summed E-state index contributed by atoms with van der Waals surface area (Å²) in [5, 5.41) is 3.54. The van der Waals surface area contributed by atoms with Gasteiger partial charge in [0.25, 0.3) is 0 Å². The van der Waals surface area contributed by atoms with E-state index in [1.807, 2.05) is 0 Å². The van der Waals surface area contributed by atoms with Crippen molar-refractivity contribution in [2.75, 3.05) is 0 Å². The molecule has 0 aliphatic carbocycles. The van der Waals surface area contributed by atoms with Crippen molar-refractivity contribution in [2.24, 2.45) is 0 Å². The zero-order chi connectivity index (χ0) is 10.5. The number of aromatic nitrogens is 2. The average Bonchev–Trinajstić information content (AvgIpc) is 2.80. The Labute approximate surface area is 85.7 Å². The minimum Gasteiger partial charge on any atom is -0.484 e. The minimum atomic E-state index is 0.294. The minimum absolute atomic E-state index is 0.294. The van der Waals surface area contributed by atoms with Gasteiger partial charge in [-0.25, -0.2) is 4.98 Å². The summed E-state index contributed by atoms with van der Waals surface area (Å²) in [6, 6.07) is 4.98. The molecule has 0 aromatic carbocycles. The van der Waals surface area contributed by atoms with Gasteiger partial charge < -0.3 is 9.26 Å². The number of aldehydes is 1. The molecule has 0 atom stereocenters. The summed E-state index contributed by atoms with van der Waals surface area (Å²) in [7, 11) is 0. The molecule has 0 bridgehead atoms. The van der Waals surface area contributed by atoms with Crippen LogP contribution in [0.4, 0.5) is 0 Å². The fourth-order valence-corrected chi connectivity index (χ4v) is 1.02. The molecule has 76 valence electrons. The Balaban J connectivity index is 1.96. The van der Waals surface area contributed by atoms with E-state index in [1.165, 1.54) is 6.20 Å². The van der Waals surface area contributed by atoms with E-state index in [4.69, 9.17) is 9.26 Å². The van der Waals surface area contributed by atoms with E-state index in [0.717, 1.165) is 0 Å². The van der Waals surface area contributed by atoms with Crippen molar-refractivity contribution in [2.45, 2.75) is 6.61 Å². The molecule has 5 nitrogen and oxygen atoms in total. The summed E-state index contributed by atoms with van der Waals surface area (Å²) < 4.78 is 10.2. The highest BCUT2D eigenvalue weighted by Crippen LogP contribution is 2.10. The SMILES string of the molecule is O=Cc1ccc(OCc2ccno2)cn1. The van der Waals surface area contributed by atoms with Crippen molar-refractivity contribution < 1.29 is 14.1 Å². The van der Waals surface area contributed by atoms with Crippen molar-refractivity contribution in [3.05, 3.63) is 42.0 Å². The monoisotopic (exact) mass is 204 g/mol. The maximum atomic E-state index is 10.3. The lowest BCUT2D eigenvalue weighted by molar-refractivity contribution is 0.111. The van der Waals surface area contributed by atoms with Gasteiger partial charge in [-0.3, -0.25) is 4.79 Å². The third-order valence-corrected chi connectivity index (χ3v) is 1.75. The van der Waals surface area contributed by atoms with Crippen LogP contribution in [0, 0.1) is 0 Å². The van der Waals surface area contributed by atoms with Gasteiger partial charge in [0, 0.05) is 6.07 Å². The highest BCUT2D eigenvalue weighted by molar-refractivity contribution is 5.71. The molecule has 5 heteroatoms. The van der Waals surface area contributed by atoms with Crippen molar-refractivity contribution in [1.82, 2.24) is 10.1 Å². The first kappa shape index (κ1) is 9.39.